The number of aromatic nitrogens is 4. The molecule has 1 aromatic carbocycles. The molecule has 1 aromatic heterocycles. The van der Waals surface area contributed by atoms with Gasteiger partial charge in [0.1, 0.15) is 6.33 Å². The number of hydrogen-bond acceptors (Lipinski definition) is 6. The van der Waals surface area contributed by atoms with Crippen molar-refractivity contribution in [2.24, 2.45) is 0 Å². The first kappa shape index (κ1) is 19.0. The van der Waals surface area contributed by atoms with Gasteiger partial charge in [-0.1, -0.05) is 6.92 Å². The molecule has 3 rings (SSSR count). The highest BCUT2D eigenvalue weighted by molar-refractivity contribution is 5.94. The molecule has 1 saturated heterocycles. The van der Waals surface area contributed by atoms with Crippen LogP contribution in [0.1, 0.15) is 29.3 Å². The van der Waals surface area contributed by atoms with Crippen LogP contribution >= 0.6 is 0 Å². The molecule has 0 atom stereocenters. The second-order valence-electron chi connectivity index (χ2n) is 6.67. The largest absolute Gasteiger partial charge is 0.355 e. The Labute approximate surface area is 158 Å². The molecule has 1 aliphatic rings. The van der Waals surface area contributed by atoms with Crippen molar-refractivity contribution >= 4 is 11.8 Å². The summed E-state index contributed by atoms with van der Waals surface area (Å²) in [5, 5.41) is 14.0. The van der Waals surface area contributed by atoms with Gasteiger partial charge in [0.2, 0.25) is 5.91 Å². The summed E-state index contributed by atoms with van der Waals surface area (Å²) in [7, 11) is 0. The molecule has 1 aliphatic heterocycles. The van der Waals surface area contributed by atoms with Crippen LogP contribution in [0.15, 0.2) is 24.5 Å². The maximum atomic E-state index is 12.8. The van der Waals surface area contributed by atoms with Gasteiger partial charge in [0.25, 0.3) is 5.91 Å². The number of hydrogen-bond donors (Lipinski definition) is 1. The SMILES string of the molecule is CCCNC(=O)CN1CCN(C(=O)c2ccc(-n3cnnn3)c(C)c2)CC1. The van der Waals surface area contributed by atoms with Gasteiger partial charge in [-0.2, -0.15) is 0 Å². The van der Waals surface area contributed by atoms with Crippen molar-refractivity contribution in [3.8, 4) is 5.69 Å². The van der Waals surface area contributed by atoms with Crippen molar-refractivity contribution < 1.29 is 9.59 Å². The summed E-state index contributed by atoms with van der Waals surface area (Å²) >= 11 is 0. The number of carbonyl (C=O) groups is 2. The van der Waals surface area contributed by atoms with E-state index < -0.39 is 0 Å². The number of amides is 2. The van der Waals surface area contributed by atoms with Crippen LogP contribution in [-0.4, -0.2) is 81.1 Å². The third-order valence-electron chi connectivity index (χ3n) is 4.64. The lowest BCUT2D eigenvalue weighted by Gasteiger charge is -2.34. The van der Waals surface area contributed by atoms with E-state index in [1.165, 1.54) is 6.33 Å². The van der Waals surface area contributed by atoms with Crippen LogP contribution in [0.25, 0.3) is 5.69 Å². The Hall–Kier alpha value is -2.81. The molecule has 2 heterocycles. The summed E-state index contributed by atoms with van der Waals surface area (Å²) in [5.74, 6) is 0.0573. The van der Waals surface area contributed by atoms with E-state index >= 15 is 0 Å². The molecule has 0 unspecified atom stereocenters. The molecule has 1 N–H and O–H groups in total. The predicted octanol–water partition coefficient (Wildman–Crippen LogP) is 0.255. The van der Waals surface area contributed by atoms with Gasteiger partial charge in [0.15, 0.2) is 0 Å². The van der Waals surface area contributed by atoms with Crippen LogP contribution in [0.5, 0.6) is 0 Å². The molecule has 144 valence electrons. The Balaban J connectivity index is 1.56. The lowest BCUT2D eigenvalue weighted by molar-refractivity contribution is -0.122. The highest BCUT2D eigenvalue weighted by Gasteiger charge is 2.23. The first-order valence-corrected chi connectivity index (χ1v) is 9.21. The van der Waals surface area contributed by atoms with Gasteiger partial charge in [-0.25, -0.2) is 4.68 Å². The fraction of sp³-hybridized carbons (Fsp3) is 0.500. The molecule has 9 heteroatoms. The second-order valence-corrected chi connectivity index (χ2v) is 6.67. The van der Waals surface area contributed by atoms with Crippen LogP contribution in [-0.2, 0) is 4.79 Å². The normalized spacial score (nSPS) is 15.0. The Morgan fingerprint density at radius 1 is 1.19 bits per heavy atom. The van der Waals surface area contributed by atoms with Gasteiger partial charge >= 0.3 is 0 Å². The molecule has 1 fully saturated rings. The quantitative estimate of drug-likeness (QED) is 0.782. The van der Waals surface area contributed by atoms with Crippen LogP contribution in [0.4, 0.5) is 0 Å². The number of aryl methyl sites for hydroxylation is 1. The summed E-state index contributed by atoms with van der Waals surface area (Å²) in [4.78, 5) is 28.5. The summed E-state index contributed by atoms with van der Waals surface area (Å²) < 4.78 is 1.58. The van der Waals surface area contributed by atoms with E-state index in [9.17, 15) is 9.59 Å². The fourth-order valence-electron chi connectivity index (χ4n) is 3.13. The van der Waals surface area contributed by atoms with Gasteiger partial charge in [-0.05, 0) is 47.5 Å². The first-order valence-electron chi connectivity index (χ1n) is 9.21. The van der Waals surface area contributed by atoms with Crippen LogP contribution < -0.4 is 5.32 Å². The van der Waals surface area contributed by atoms with Crippen LogP contribution in [0.2, 0.25) is 0 Å². The molecule has 27 heavy (non-hydrogen) atoms. The molecule has 9 nitrogen and oxygen atoms in total. The van der Waals surface area contributed by atoms with E-state index in [2.05, 4.69) is 25.7 Å². The van der Waals surface area contributed by atoms with E-state index in [-0.39, 0.29) is 11.8 Å². The molecule has 0 aliphatic carbocycles. The van der Waals surface area contributed by atoms with Crippen LogP contribution in [0, 0.1) is 6.92 Å². The van der Waals surface area contributed by atoms with Gasteiger partial charge in [-0.15, -0.1) is 5.10 Å². The number of carbonyl (C=O) groups excluding carboxylic acids is 2. The number of rotatable bonds is 6. The van der Waals surface area contributed by atoms with Crippen molar-refractivity contribution in [2.75, 3.05) is 39.3 Å². The smallest absolute Gasteiger partial charge is 0.253 e. The highest BCUT2D eigenvalue weighted by atomic mass is 16.2. The molecule has 2 aromatic rings. The van der Waals surface area contributed by atoms with Crippen molar-refractivity contribution in [2.45, 2.75) is 20.3 Å². The standard InChI is InChI=1S/C18H25N7O2/c1-3-6-19-17(26)12-23-7-9-24(10-8-23)18(27)15-4-5-16(14(2)11-15)25-13-20-21-22-25/h4-5,11,13H,3,6-10,12H2,1-2H3,(H,19,26). The molecule has 2 amide bonds. The fourth-order valence-corrected chi connectivity index (χ4v) is 3.13. The minimum atomic E-state index is 0.0106. The van der Waals surface area contributed by atoms with Crippen molar-refractivity contribution in [1.82, 2.24) is 35.3 Å². The first-order chi connectivity index (χ1) is 13.1. The van der Waals surface area contributed by atoms with Crippen LogP contribution in [0.3, 0.4) is 0 Å². The second kappa shape index (κ2) is 8.72. The number of benzene rings is 1. The number of tetrazole rings is 1. The monoisotopic (exact) mass is 371 g/mol. The Bertz CT molecular complexity index is 783. The van der Waals surface area contributed by atoms with E-state index in [1.807, 2.05) is 30.9 Å². The van der Waals surface area contributed by atoms with Gasteiger partial charge in [-0.3, -0.25) is 14.5 Å². The maximum Gasteiger partial charge on any atom is 0.253 e. The summed E-state index contributed by atoms with van der Waals surface area (Å²) in [6.45, 7) is 7.70. The van der Waals surface area contributed by atoms with Crippen molar-refractivity contribution in [1.29, 1.82) is 0 Å². The summed E-state index contributed by atoms with van der Waals surface area (Å²) in [6, 6.07) is 5.52. The minimum Gasteiger partial charge on any atom is -0.355 e. The van der Waals surface area contributed by atoms with E-state index in [1.54, 1.807) is 10.7 Å². The third-order valence-corrected chi connectivity index (χ3v) is 4.64. The number of nitrogens with one attached hydrogen (secondary N) is 1. The van der Waals surface area contributed by atoms with E-state index in [4.69, 9.17) is 0 Å². The molecule has 0 bridgehead atoms. The van der Waals surface area contributed by atoms with Gasteiger partial charge in [0.05, 0.1) is 12.2 Å². The molecular formula is C18H25N7O2. The van der Waals surface area contributed by atoms with E-state index in [0.29, 0.717) is 44.8 Å². The van der Waals surface area contributed by atoms with Gasteiger partial charge in [0, 0.05) is 38.3 Å². The Morgan fingerprint density at radius 2 is 1.96 bits per heavy atom. The lowest BCUT2D eigenvalue weighted by atomic mass is 10.1. The zero-order chi connectivity index (χ0) is 19.2. The van der Waals surface area contributed by atoms with Crippen molar-refractivity contribution in [3.63, 3.8) is 0 Å². The third kappa shape index (κ3) is 4.68. The average Bonchev–Trinajstić information content (AvgIpc) is 3.21. The van der Waals surface area contributed by atoms with E-state index in [0.717, 1.165) is 17.7 Å². The highest BCUT2D eigenvalue weighted by Crippen LogP contribution is 2.16. The van der Waals surface area contributed by atoms with Crippen molar-refractivity contribution in [3.05, 3.63) is 35.7 Å². The molecular weight excluding hydrogens is 346 g/mol. The summed E-state index contributed by atoms with van der Waals surface area (Å²) in [5.41, 5.74) is 2.43. The topological polar surface area (TPSA) is 96.2 Å². The Morgan fingerprint density at radius 3 is 2.59 bits per heavy atom. The number of nitrogens with zero attached hydrogens (tertiary/aromatic N) is 6. The predicted molar refractivity (Wildman–Crippen MR) is 99.5 cm³/mol. The molecule has 0 saturated carbocycles. The molecule has 0 radical (unpaired) electrons. The average molecular weight is 371 g/mol. The lowest BCUT2D eigenvalue weighted by Crippen LogP contribution is -2.51. The minimum absolute atomic E-state index is 0.0106. The van der Waals surface area contributed by atoms with Gasteiger partial charge < -0.3 is 10.2 Å². The molecule has 0 spiro atoms. The summed E-state index contributed by atoms with van der Waals surface area (Å²) in [6.07, 6.45) is 2.46. The zero-order valence-corrected chi connectivity index (χ0v) is 15.8. The zero-order valence-electron chi connectivity index (χ0n) is 15.8. The maximum absolute atomic E-state index is 12.8. The Kier molecular flexibility index (Phi) is 6.12. The number of piperazine rings is 1.